The number of hydrogen-bond acceptors (Lipinski definition) is 6. The maximum atomic E-state index is 6.41. The number of hydrogen-bond donors (Lipinski definition) is 3. The first-order chi connectivity index (χ1) is 14.2. The lowest BCUT2D eigenvalue weighted by Crippen LogP contribution is -2.26. The van der Waals surface area contributed by atoms with Crippen LogP contribution in [0.1, 0.15) is 37.2 Å². The summed E-state index contributed by atoms with van der Waals surface area (Å²) in [7, 11) is 0. The van der Waals surface area contributed by atoms with Gasteiger partial charge in [-0.3, -0.25) is 0 Å². The molecule has 3 aromatic heterocycles. The molecule has 0 spiro atoms. The molecule has 3 heterocycles. The second-order valence-electron chi connectivity index (χ2n) is 7.60. The fourth-order valence-corrected chi connectivity index (χ4v) is 4.18. The van der Waals surface area contributed by atoms with Crippen LogP contribution in [0.25, 0.3) is 11.3 Å². The molecule has 5 rings (SSSR count). The summed E-state index contributed by atoms with van der Waals surface area (Å²) in [6, 6.07) is 10.3. The molecule has 148 valence electrons. The number of nitrogen functional groups attached to an aromatic ring is 1. The van der Waals surface area contributed by atoms with E-state index in [-0.39, 0.29) is 6.04 Å². The summed E-state index contributed by atoms with van der Waals surface area (Å²) in [4.78, 5) is 4.53. The molecular weight excluding hydrogens is 364 g/mol. The Hall–Kier alpha value is -3.39. The van der Waals surface area contributed by atoms with Crippen molar-refractivity contribution in [3.05, 3.63) is 60.7 Å². The number of anilines is 3. The van der Waals surface area contributed by atoms with E-state index >= 15 is 0 Å². The van der Waals surface area contributed by atoms with Crippen LogP contribution >= 0.6 is 0 Å². The van der Waals surface area contributed by atoms with E-state index in [0.717, 1.165) is 54.0 Å². The van der Waals surface area contributed by atoms with Crippen molar-refractivity contribution in [3.8, 4) is 5.69 Å². The second-order valence-corrected chi connectivity index (χ2v) is 7.60. The van der Waals surface area contributed by atoms with Crippen LogP contribution in [-0.2, 0) is 0 Å². The van der Waals surface area contributed by atoms with Crippen molar-refractivity contribution in [2.24, 2.45) is 5.73 Å². The van der Waals surface area contributed by atoms with Gasteiger partial charge in [0.15, 0.2) is 5.65 Å². The Morgan fingerprint density at radius 2 is 1.79 bits per heavy atom. The van der Waals surface area contributed by atoms with Gasteiger partial charge in [-0.15, -0.1) is 5.10 Å². The maximum absolute atomic E-state index is 6.41. The zero-order chi connectivity index (χ0) is 19.8. The number of nitrogens with zero attached hydrogens (tertiary/aromatic N) is 5. The minimum absolute atomic E-state index is 0.279. The van der Waals surface area contributed by atoms with E-state index < -0.39 is 0 Å². The van der Waals surface area contributed by atoms with E-state index in [1.165, 1.54) is 0 Å². The monoisotopic (exact) mass is 388 g/mol. The molecule has 8 heteroatoms. The molecule has 8 nitrogen and oxygen atoms in total. The first kappa shape index (κ1) is 17.7. The molecule has 1 fully saturated rings. The Morgan fingerprint density at radius 3 is 2.52 bits per heavy atom. The average Bonchev–Trinajstić information content (AvgIpc) is 3.42. The molecule has 1 saturated carbocycles. The summed E-state index contributed by atoms with van der Waals surface area (Å²) >= 11 is 0. The maximum Gasteiger partial charge on any atom is 0.177 e. The zero-order valence-corrected chi connectivity index (χ0v) is 16.1. The van der Waals surface area contributed by atoms with E-state index in [9.17, 15) is 0 Å². The number of aromatic nitrogens is 5. The number of rotatable bonds is 4. The van der Waals surface area contributed by atoms with Crippen LogP contribution in [0.4, 0.5) is 17.2 Å². The third kappa shape index (κ3) is 3.31. The largest absolute Gasteiger partial charge is 0.382 e. The van der Waals surface area contributed by atoms with Crippen LogP contribution in [0.2, 0.25) is 0 Å². The van der Waals surface area contributed by atoms with Gasteiger partial charge >= 0.3 is 0 Å². The highest BCUT2D eigenvalue weighted by molar-refractivity contribution is 5.80. The molecular formula is C21H24N8. The van der Waals surface area contributed by atoms with Gasteiger partial charge in [-0.05, 0) is 61.9 Å². The Morgan fingerprint density at radius 1 is 1.00 bits per heavy atom. The Labute approximate surface area is 168 Å². The minimum atomic E-state index is 0.279. The molecule has 1 aliphatic carbocycles. The number of nitrogens with one attached hydrogen (secondary N) is 1. The van der Waals surface area contributed by atoms with Crippen LogP contribution in [-0.4, -0.2) is 30.4 Å². The minimum Gasteiger partial charge on any atom is -0.382 e. The molecule has 0 unspecified atom stereocenters. The molecule has 0 aliphatic heterocycles. The lowest BCUT2D eigenvalue weighted by molar-refractivity contribution is 0.396. The van der Waals surface area contributed by atoms with Crippen molar-refractivity contribution in [2.75, 3.05) is 11.1 Å². The molecule has 1 aromatic carbocycles. The fraction of sp³-hybridized carbons (Fsp3) is 0.286. The van der Waals surface area contributed by atoms with Crippen molar-refractivity contribution >= 4 is 22.8 Å². The SMILES string of the molecule is Nc1nn2ccnc2c(Nc2ccc(-n3cccn3)cc2)c1[C@H]1CC[C@H](N)CC1. The Balaban J connectivity index is 1.53. The molecule has 1 aliphatic rings. The van der Waals surface area contributed by atoms with Crippen LogP contribution in [0.15, 0.2) is 55.1 Å². The van der Waals surface area contributed by atoms with E-state index in [1.54, 1.807) is 16.9 Å². The molecule has 4 aromatic rings. The van der Waals surface area contributed by atoms with Crippen molar-refractivity contribution in [2.45, 2.75) is 37.6 Å². The smallest absolute Gasteiger partial charge is 0.177 e. The van der Waals surface area contributed by atoms with Gasteiger partial charge in [0.25, 0.3) is 0 Å². The van der Waals surface area contributed by atoms with Crippen molar-refractivity contribution in [1.82, 2.24) is 24.4 Å². The molecule has 5 N–H and O–H groups in total. The lowest BCUT2D eigenvalue weighted by Gasteiger charge is -2.28. The van der Waals surface area contributed by atoms with Gasteiger partial charge in [0, 0.05) is 42.1 Å². The first-order valence-corrected chi connectivity index (χ1v) is 9.94. The average molecular weight is 388 g/mol. The van der Waals surface area contributed by atoms with Crippen molar-refractivity contribution in [3.63, 3.8) is 0 Å². The summed E-state index contributed by atoms with van der Waals surface area (Å²) in [5.74, 6) is 0.876. The number of imidazole rings is 1. The highest BCUT2D eigenvalue weighted by Crippen LogP contribution is 2.41. The standard InChI is InChI=1S/C21H24N8/c22-15-4-2-14(3-5-15)18-19(21-24-11-13-29(21)27-20(18)23)26-16-6-8-17(9-7-16)28-12-1-10-25-28/h1,6-15,26H,2-5,22H2,(H2,23,27)/t14-,15-. The predicted octanol–water partition coefficient (Wildman–Crippen LogP) is 3.23. The molecule has 0 bridgehead atoms. The van der Waals surface area contributed by atoms with E-state index in [4.69, 9.17) is 11.5 Å². The zero-order valence-electron chi connectivity index (χ0n) is 16.1. The molecule has 0 radical (unpaired) electrons. The number of nitrogens with two attached hydrogens (primary N) is 2. The normalized spacial score (nSPS) is 19.5. The number of fused-ring (bicyclic) bond motifs is 1. The summed E-state index contributed by atoms with van der Waals surface area (Å²) in [5, 5.41) is 12.4. The third-order valence-electron chi connectivity index (χ3n) is 5.69. The van der Waals surface area contributed by atoms with Gasteiger partial charge < -0.3 is 16.8 Å². The Bertz CT molecular complexity index is 1110. The Kier molecular flexibility index (Phi) is 4.40. The molecule has 0 amide bonds. The second kappa shape index (κ2) is 7.21. The highest BCUT2D eigenvalue weighted by Gasteiger charge is 2.27. The van der Waals surface area contributed by atoms with E-state index in [2.05, 4.69) is 20.5 Å². The third-order valence-corrected chi connectivity index (χ3v) is 5.69. The van der Waals surface area contributed by atoms with Gasteiger partial charge in [-0.1, -0.05) is 0 Å². The molecule has 29 heavy (non-hydrogen) atoms. The molecule has 0 atom stereocenters. The summed E-state index contributed by atoms with van der Waals surface area (Å²) < 4.78 is 3.56. The van der Waals surface area contributed by atoms with Crippen molar-refractivity contribution in [1.29, 1.82) is 0 Å². The summed E-state index contributed by atoms with van der Waals surface area (Å²) in [5.41, 5.74) is 17.2. The van der Waals surface area contributed by atoms with E-state index in [1.807, 2.05) is 47.4 Å². The first-order valence-electron chi connectivity index (χ1n) is 9.94. The van der Waals surface area contributed by atoms with Crippen LogP contribution < -0.4 is 16.8 Å². The van der Waals surface area contributed by atoms with Crippen molar-refractivity contribution < 1.29 is 0 Å². The lowest BCUT2D eigenvalue weighted by atomic mass is 9.81. The quantitative estimate of drug-likeness (QED) is 0.495. The fourth-order valence-electron chi connectivity index (χ4n) is 4.18. The topological polar surface area (TPSA) is 112 Å². The van der Waals surface area contributed by atoms with Gasteiger partial charge in [0.2, 0.25) is 0 Å². The summed E-state index contributed by atoms with van der Waals surface area (Å²) in [6.45, 7) is 0. The van der Waals surface area contributed by atoms with Gasteiger partial charge in [0.1, 0.15) is 5.82 Å². The van der Waals surface area contributed by atoms with Gasteiger partial charge in [-0.2, -0.15) is 5.10 Å². The molecule has 0 saturated heterocycles. The summed E-state index contributed by atoms with van der Waals surface area (Å²) in [6.07, 6.45) is 11.3. The predicted molar refractivity (Wildman–Crippen MR) is 113 cm³/mol. The number of benzene rings is 1. The highest BCUT2D eigenvalue weighted by atomic mass is 15.3. The van der Waals surface area contributed by atoms with Crippen LogP contribution in [0, 0.1) is 0 Å². The van der Waals surface area contributed by atoms with Crippen LogP contribution in [0.5, 0.6) is 0 Å². The van der Waals surface area contributed by atoms with Gasteiger partial charge in [0.05, 0.1) is 11.4 Å². The van der Waals surface area contributed by atoms with Gasteiger partial charge in [-0.25, -0.2) is 14.2 Å². The van der Waals surface area contributed by atoms with Crippen LogP contribution in [0.3, 0.4) is 0 Å². The van der Waals surface area contributed by atoms with E-state index in [0.29, 0.717) is 11.7 Å².